The number of carbonyl (C=O) groups is 1. The third-order valence-corrected chi connectivity index (χ3v) is 4.22. The molecule has 1 N–H and O–H groups in total. The maximum absolute atomic E-state index is 12.2. The predicted molar refractivity (Wildman–Crippen MR) is 86.3 cm³/mol. The number of hydrogen-bond acceptors (Lipinski definition) is 7. The molecule has 0 atom stereocenters. The molecule has 0 aliphatic carbocycles. The number of carbonyl (C=O) groups excluding carboxylic acids is 1. The van der Waals surface area contributed by atoms with Crippen molar-refractivity contribution in [3.05, 3.63) is 28.3 Å². The lowest BCUT2D eigenvalue weighted by Gasteiger charge is -2.04. The second kappa shape index (κ2) is 6.39. The van der Waals surface area contributed by atoms with Crippen molar-refractivity contribution in [2.75, 3.05) is 12.4 Å². The molecule has 0 aliphatic heterocycles. The number of anilines is 1. The molecule has 8 nitrogen and oxygen atoms in total. The van der Waals surface area contributed by atoms with E-state index in [0.29, 0.717) is 16.7 Å². The van der Waals surface area contributed by atoms with Gasteiger partial charge in [-0.3, -0.25) is 10.1 Å². The summed E-state index contributed by atoms with van der Waals surface area (Å²) in [7, 11) is 1.58. The minimum Gasteiger partial charge on any atom is -0.377 e. The van der Waals surface area contributed by atoms with Crippen molar-refractivity contribution in [1.29, 1.82) is 0 Å². The van der Waals surface area contributed by atoms with Crippen LogP contribution in [0, 0.1) is 13.8 Å². The highest BCUT2D eigenvalue weighted by Gasteiger charge is 2.12. The number of aryl methyl sites for hydroxylation is 2. The maximum atomic E-state index is 12.2. The number of nitrogens with one attached hydrogen (secondary N) is 1. The molecule has 1 aromatic carbocycles. The molecular weight excluding hydrogens is 316 g/mol. The van der Waals surface area contributed by atoms with Crippen LogP contribution in [0.15, 0.2) is 12.1 Å². The average molecular weight is 332 g/mol. The highest BCUT2D eigenvalue weighted by molar-refractivity contribution is 7.15. The molecule has 0 spiro atoms. The van der Waals surface area contributed by atoms with Gasteiger partial charge in [-0.15, -0.1) is 15.3 Å². The Morgan fingerprint density at radius 3 is 2.83 bits per heavy atom. The first kappa shape index (κ1) is 15.5. The summed E-state index contributed by atoms with van der Waals surface area (Å²) in [5.41, 5.74) is 3.89. The van der Waals surface area contributed by atoms with E-state index in [1.807, 2.05) is 26.0 Å². The molecule has 23 heavy (non-hydrogen) atoms. The van der Waals surface area contributed by atoms with E-state index in [2.05, 4.69) is 25.8 Å². The normalized spacial score (nSPS) is 11.1. The van der Waals surface area contributed by atoms with Crippen molar-refractivity contribution in [1.82, 2.24) is 25.2 Å². The summed E-state index contributed by atoms with van der Waals surface area (Å²) in [6, 6.07) is 3.95. The number of amides is 1. The van der Waals surface area contributed by atoms with Gasteiger partial charge in [0.25, 0.3) is 0 Å². The van der Waals surface area contributed by atoms with Gasteiger partial charge < -0.3 is 4.74 Å². The molecule has 120 valence electrons. The van der Waals surface area contributed by atoms with E-state index in [1.165, 1.54) is 11.3 Å². The van der Waals surface area contributed by atoms with Crippen LogP contribution in [0.1, 0.15) is 16.1 Å². The quantitative estimate of drug-likeness (QED) is 0.764. The topological polar surface area (TPSA) is 94.8 Å². The first-order valence-electron chi connectivity index (χ1n) is 6.98. The van der Waals surface area contributed by atoms with E-state index in [1.54, 1.807) is 11.8 Å². The number of rotatable bonds is 5. The third kappa shape index (κ3) is 3.35. The fourth-order valence-corrected chi connectivity index (χ4v) is 2.85. The van der Waals surface area contributed by atoms with E-state index >= 15 is 0 Å². The molecule has 0 fully saturated rings. The number of benzene rings is 1. The molecule has 0 radical (unpaired) electrons. The number of aromatic nitrogens is 5. The Labute approximate surface area is 136 Å². The molecule has 0 saturated carbocycles. The van der Waals surface area contributed by atoms with Gasteiger partial charge in [-0.2, -0.15) is 0 Å². The van der Waals surface area contributed by atoms with Gasteiger partial charge in [0, 0.05) is 7.11 Å². The minimum atomic E-state index is -0.227. The molecular formula is C14H16N6O2S. The zero-order valence-corrected chi connectivity index (χ0v) is 13.8. The predicted octanol–water partition coefficient (Wildman–Crippen LogP) is 1.68. The zero-order valence-electron chi connectivity index (χ0n) is 13.0. The molecule has 2 heterocycles. The van der Waals surface area contributed by atoms with Gasteiger partial charge in [-0.05, 0) is 37.1 Å². The Hall–Kier alpha value is -2.39. The van der Waals surface area contributed by atoms with Gasteiger partial charge >= 0.3 is 0 Å². The van der Waals surface area contributed by atoms with E-state index in [9.17, 15) is 4.79 Å². The Morgan fingerprint density at radius 1 is 1.26 bits per heavy atom. The fourth-order valence-electron chi connectivity index (χ4n) is 2.12. The lowest BCUT2D eigenvalue weighted by atomic mass is 10.1. The Kier molecular flexibility index (Phi) is 4.30. The zero-order chi connectivity index (χ0) is 16.4. The maximum Gasteiger partial charge on any atom is 0.248 e. The molecule has 2 aromatic heterocycles. The summed E-state index contributed by atoms with van der Waals surface area (Å²) in [6.45, 7) is 4.48. The SMILES string of the molecule is COCc1nnc(NC(=O)Cn2nnc3cc(C)c(C)cc32)s1. The smallest absolute Gasteiger partial charge is 0.248 e. The number of fused-ring (bicyclic) bond motifs is 1. The van der Waals surface area contributed by atoms with E-state index in [4.69, 9.17) is 4.74 Å². The highest BCUT2D eigenvalue weighted by Crippen LogP contribution is 2.18. The summed E-state index contributed by atoms with van der Waals surface area (Å²) in [4.78, 5) is 12.2. The van der Waals surface area contributed by atoms with E-state index in [-0.39, 0.29) is 12.5 Å². The molecule has 0 unspecified atom stereocenters. The van der Waals surface area contributed by atoms with Gasteiger partial charge in [0.1, 0.15) is 23.7 Å². The largest absolute Gasteiger partial charge is 0.377 e. The molecule has 0 saturated heterocycles. The number of hydrogen-bond donors (Lipinski definition) is 1. The second-order valence-corrected chi connectivity index (χ2v) is 6.22. The summed E-state index contributed by atoms with van der Waals surface area (Å²) >= 11 is 1.28. The number of methoxy groups -OCH3 is 1. The lowest BCUT2D eigenvalue weighted by Crippen LogP contribution is -2.19. The van der Waals surface area contributed by atoms with Gasteiger partial charge in [0.05, 0.1) is 5.52 Å². The van der Waals surface area contributed by atoms with E-state index in [0.717, 1.165) is 22.2 Å². The summed E-state index contributed by atoms with van der Waals surface area (Å²) < 4.78 is 6.55. The number of ether oxygens (including phenoxy) is 1. The first-order chi connectivity index (χ1) is 11.1. The Bertz CT molecular complexity index is 856. The minimum absolute atomic E-state index is 0.0677. The van der Waals surface area contributed by atoms with Crippen molar-refractivity contribution < 1.29 is 9.53 Å². The molecule has 9 heteroatoms. The Balaban J connectivity index is 1.73. The van der Waals surface area contributed by atoms with Crippen molar-refractivity contribution in [2.24, 2.45) is 0 Å². The van der Waals surface area contributed by atoms with Gasteiger partial charge in [0.2, 0.25) is 11.0 Å². The summed E-state index contributed by atoms with van der Waals surface area (Å²) in [5.74, 6) is -0.227. The van der Waals surface area contributed by atoms with Crippen LogP contribution in [-0.4, -0.2) is 38.2 Å². The van der Waals surface area contributed by atoms with Crippen molar-refractivity contribution in [3.8, 4) is 0 Å². The third-order valence-electron chi connectivity index (χ3n) is 3.40. The average Bonchev–Trinajstić information content (AvgIpc) is 3.08. The van der Waals surface area contributed by atoms with Gasteiger partial charge in [-0.25, -0.2) is 4.68 Å². The van der Waals surface area contributed by atoms with Gasteiger partial charge in [-0.1, -0.05) is 16.6 Å². The molecule has 0 bridgehead atoms. The van der Waals surface area contributed by atoms with Crippen LogP contribution in [0.2, 0.25) is 0 Å². The van der Waals surface area contributed by atoms with Crippen LogP contribution in [-0.2, 0) is 22.7 Å². The van der Waals surface area contributed by atoms with Crippen molar-refractivity contribution in [3.63, 3.8) is 0 Å². The van der Waals surface area contributed by atoms with Crippen LogP contribution in [0.4, 0.5) is 5.13 Å². The summed E-state index contributed by atoms with van der Waals surface area (Å²) in [6.07, 6.45) is 0. The first-order valence-corrected chi connectivity index (χ1v) is 7.80. The Morgan fingerprint density at radius 2 is 2.04 bits per heavy atom. The molecule has 1 amide bonds. The van der Waals surface area contributed by atoms with Gasteiger partial charge in [0.15, 0.2) is 0 Å². The molecule has 3 rings (SSSR count). The van der Waals surface area contributed by atoms with Crippen LogP contribution >= 0.6 is 11.3 Å². The van der Waals surface area contributed by atoms with Crippen molar-refractivity contribution in [2.45, 2.75) is 27.0 Å². The second-order valence-electron chi connectivity index (χ2n) is 5.15. The van der Waals surface area contributed by atoms with Crippen LogP contribution in [0.3, 0.4) is 0 Å². The molecule has 0 aliphatic rings. The summed E-state index contributed by atoms with van der Waals surface area (Å²) in [5, 5.41) is 19.8. The van der Waals surface area contributed by atoms with Crippen LogP contribution < -0.4 is 5.32 Å². The van der Waals surface area contributed by atoms with Crippen LogP contribution in [0.25, 0.3) is 11.0 Å². The van der Waals surface area contributed by atoms with E-state index < -0.39 is 0 Å². The number of nitrogens with zero attached hydrogens (tertiary/aromatic N) is 5. The van der Waals surface area contributed by atoms with Crippen molar-refractivity contribution >= 4 is 33.4 Å². The lowest BCUT2D eigenvalue weighted by molar-refractivity contribution is -0.116. The molecule has 3 aromatic rings. The fraction of sp³-hybridized carbons (Fsp3) is 0.357. The standard InChI is InChI=1S/C14H16N6O2S/c1-8-4-10-11(5-9(8)2)20(19-16-10)6-12(21)15-14-18-17-13(23-14)7-22-3/h4-5H,6-7H2,1-3H3,(H,15,18,21). The van der Waals surface area contributed by atoms with Crippen LogP contribution in [0.5, 0.6) is 0 Å². The highest BCUT2D eigenvalue weighted by atomic mass is 32.1. The monoisotopic (exact) mass is 332 g/mol.